The van der Waals surface area contributed by atoms with Gasteiger partial charge in [0.25, 0.3) is 0 Å². The van der Waals surface area contributed by atoms with Crippen molar-refractivity contribution in [1.82, 2.24) is 25.1 Å². The van der Waals surface area contributed by atoms with Crippen molar-refractivity contribution in [3.63, 3.8) is 0 Å². The first kappa shape index (κ1) is 22.5. The van der Waals surface area contributed by atoms with Gasteiger partial charge in [-0.1, -0.05) is 92.5 Å². The first-order valence-corrected chi connectivity index (χ1v) is 10.6. The van der Waals surface area contributed by atoms with Crippen LogP contribution in [0.1, 0.15) is 49.8 Å². The molecule has 7 heteroatoms. The van der Waals surface area contributed by atoms with Gasteiger partial charge in [0.2, 0.25) is 0 Å². The Kier molecular flexibility index (Phi) is 6.96. The standard InChI is InChI=1S/C23H27Cl2N5/c1-23(2,3)20(14-12-16-11-13-18(24)15-19(16)25)30-22(26-27-28-30)21(29(4)5)17-9-7-6-8-10-17/h6-15,20-21H,1-5H3/t20-,21+/m0/s1. The fourth-order valence-corrected chi connectivity index (χ4v) is 3.93. The van der Waals surface area contributed by atoms with Gasteiger partial charge >= 0.3 is 0 Å². The van der Waals surface area contributed by atoms with Crippen LogP contribution < -0.4 is 0 Å². The minimum absolute atomic E-state index is 0.0708. The number of nitrogens with zero attached hydrogens (tertiary/aromatic N) is 5. The van der Waals surface area contributed by atoms with E-state index in [2.05, 4.69) is 59.4 Å². The number of tetrazole rings is 1. The monoisotopic (exact) mass is 443 g/mol. The molecule has 0 aliphatic carbocycles. The van der Waals surface area contributed by atoms with Crippen molar-refractivity contribution in [1.29, 1.82) is 0 Å². The summed E-state index contributed by atoms with van der Waals surface area (Å²) in [5.41, 5.74) is 1.90. The van der Waals surface area contributed by atoms with Gasteiger partial charge in [0.15, 0.2) is 5.82 Å². The van der Waals surface area contributed by atoms with E-state index in [4.69, 9.17) is 23.2 Å². The lowest BCUT2D eigenvalue weighted by Gasteiger charge is -2.31. The van der Waals surface area contributed by atoms with Crippen LogP contribution in [-0.2, 0) is 0 Å². The Morgan fingerprint density at radius 1 is 1.03 bits per heavy atom. The van der Waals surface area contributed by atoms with E-state index in [-0.39, 0.29) is 17.5 Å². The van der Waals surface area contributed by atoms with Gasteiger partial charge in [-0.2, -0.15) is 0 Å². The molecule has 0 unspecified atom stereocenters. The van der Waals surface area contributed by atoms with Gasteiger partial charge < -0.3 is 0 Å². The molecule has 0 aliphatic heterocycles. The Morgan fingerprint density at radius 2 is 1.73 bits per heavy atom. The first-order chi connectivity index (χ1) is 14.2. The minimum atomic E-state index is -0.132. The lowest BCUT2D eigenvalue weighted by Crippen LogP contribution is -2.30. The second-order valence-corrected chi connectivity index (χ2v) is 9.44. The molecule has 0 amide bonds. The third-order valence-corrected chi connectivity index (χ3v) is 5.53. The second-order valence-electron chi connectivity index (χ2n) is 8.59. The fourth-order valence-electron chi connectivity index (χ4n) is 3.46. The summed E-state index contributed by atoms with van der Waals surface area (Å²) in [6.45, 7) is 6.51. The highest BCUT2D eigenvalue weighted by Crippen LogP contribution is 2.35. The molecule has 2 atom stereocenters. The Balaban J connectivity index is 2.05. The van der Waals surface area contributed by atoms with Gasteiger partial charge in [-0.3, -0.25) is 4.90 Å². The third kappa shape index (κ3) is 5.09. The molecule has 0 saturated heterocycles. The quantitative estimate of drug-likeness (QED) is 0.473. The van der Waals surface area contributed by atoms with E-state index in [9.17, 15) is 0 Å². The summed E-state index contributed by atoms with van der Waals surface area (Å²) in [7, 11) is 4.07. The van der Waals surface area contributed by atoms with Gasteiger partial charge in [0.1, 0.15) is 0 Å². The van der Waals surface area contributed by atoms with Crippen molar-refractivity contribution in [3.05, 3.63) is 81.6 Å². The van der Waals surface area contributed by atoms with Crippen LogP contribution in [0, 0.1) is 5.41 Å². The molecule has 2 aromatic carbocycles. The summed E-state index contributed by atoms with van der Waals surface area (Å²) in [4.78, 5) is 2.12. The maximum Gasteiger partial charge on any atom is 0.173 e. The Labute approximate surface area is 188 Å². The van der Waals surface area contributed by atoms with Crippen LogP contribution in [0.4, 0.5) is 0 Å². The van der Waals surface area contributed by atoms with E-state index in [1.807, 2.05) is 55.2 Å². The van der Waals surface area contributed by atoms with Crippen LogP contribution in [0.15, 0.2) is 54.6 Å². The average Bonchev–Trinajstić information content (AvgIpc) is 3.12. The zero-order valence-corrected chi connectivity index (χ0v) is 19.4. The highest BCUT2D eigenvalue weighted by Gasteiger charge is 2.31. The second kappa shape index (κ2) is 9.29. The highest BCUT2D eigenvalue weighted by molar-refractivity contribution is 6.35. The zero-order valence-electron chi connectivity index (χ0n) is 17.9. The van der Waals surface area contributed by atoms with E-state index >= 15 is 0 Å². The average molecular weight is 444 g/mol. The molecular weight excluding hydrogens is 417 g/mol. The van der Waals surface area contributed by atoms with Gasteiger partial charge in [0, 0.05) is 10.0 Å². The maximum absolute atomic E-state index is 6.37. The predicted octanol–water partition coefficient (Wildman–Crippen LogP) is 5.93. The Morgan fingerprint density at radius 3 is 2.33 bits per heavy atom. The molecular formula is C23H27Cl2N5. The normalized spacial score (nSPS) is 14.4. The van der Waals surface area contributed by atoms with Gasteiger partial charge in [0.05, 0.1) is 12.1 Å². The van der Waals surface area contributed by atoms with E-state index in [0.717, 1.165) is 17.0 Å². The number of aromatic nitrogens is 4. The zero-order chi connectivity index (χ0) is 21.9. The Bertz CT molecular complexity index is 1010. The van der Waals surface area contributed by atoms with Crippen LogP contribution in [0.5, 0.6) is 0 Å². The molecule has 158 valence electrons. The minimum Gasteiger partial charge on any atom is -0.296 e. The van der Waals surface area contributed by atoms with E-state index in [0.29, 0.717) is 10.0 Å². The molecule has 1 aromatic heterocycles. The smallest absolute Gasteiger partial charge is 0.173 e. The maximum atomic E-state index is 6.37. The molecule has 3 rings (SSSR count). The lowest BCUT2D eigenvalue weighted by molar-refractivity contribution is 0.245. The fraction of sp³-hybridized carbons (Fsp3) is 0.348. The molecule has 30 heavy (non-hydrogen) atoms. The predicted molar refractivity (Wildman–Crippen MR) is 124 cm³/mol. The number of rotatable bonds is 6. The molecule has 3 aromatic rings. The molecule has 0 fully saturated rings. The van der Waals surface area contributed by atoms with Crippen molar-refractivity contribution in [3.8, 4) is 0 Å². The van der Waals surface area contributed by atoms with E-state index in [1.54, 1.807) is 6.07 Å². The molecule has 0 radical (unpaired) electrons. The topological polar surface area (TPSA) is 46.8 Å². The van der Waals surface area contributed by atoms with Crippen molar-refractivity contribution < 1.29 is 0 Å². The van der Waals surface area contributed by atoms with Crippen LogP contribution in [0.25, 0.3) is 6.08 Å². The third-order valence-electron chi connectivity index (χ3n) is 4.97. The van der Waals surface area contributed by atoms with Crippen LogP contribution in [0.2, 0.25) is 10.0 Å². The van der Waals surface area contributed by atoms with Crippen molar-refractivity contribution in [2.24, 2.45) is 5.41 Å². The van der Waals surface area contributed by atoms with Crippen LogP contribution >= 0.6 is 23.2 Å². The van der Waals surface area contributed by atoms with Crippen molar-refractivity contribution >= 4 is 29.3 Å². The van der Waals surface area contributed by atoms with E-state index < -0.39 is 0 Å². The number of hydrogen-bond acceptors (Lipinski definition) is 4. The van der Waals surface area contributed by atoms with E-state index in [1.165, 1.54) is 0 Å². The summed E-state index contributed by atoms with van der Waals surface area (Å²) in [6, 6.07) is 15.6. The summed E-state index contributed by atoms with van der Waals surface area (Å²) in [5, 5.41) is 14.1. The first-order valence-electron chi connectivity index (χ1n) is 9.81. The number of hydrogen-bond donors (Lipinski definition) is 0. The summed E-state index contributed by atoms with van der Waals surface area (Å²) in [5.74, 6) is 0.790. The largest absolute Gasteiger partial charge is 0.296 e. The molecule has 0 saturated carbocycles. The van der Waals surface area contributed by atoms with Crippen molar-refractivity contribution in [2.75, 3.05) is 14.1 Å². The van der Waals surface area contributed by atoms with Gasteiger partial charge in [-0.25, -0.2) is 4.68 Å². The molecule has 0 bridgehead atoms. The summed E-state index contributed by atoms with van der Waals surface area (Å²) < 4.78 is 1.91. The molecule has 1 heterocycles. The Hall–Kier alpha value is -2.21. The van der Waals surface area contributed by atoms with Crippen molar-refractivity contribution in [2.45, 2.75) is 32.9 Å². The number of allylic oxidation sites excluding steroid dienone is 1. The lowest BCUT2D eigenvalue weighted by atomic mass is 9.86. The van der Waals surface area contributed by atoms with Crippen LogP contribution in [-0.4, -0.2) is 39.2 Å². The summed E-state index contributed by atoms with van der Waals surface area (Å²) in [6.07, 6.45) is 4.11. The number of benzene rings is 2. The molecule has 0 aliphatic rings. The van der Waals surface area contributed by atoms with Crippen LogP contribution in [0.3, 0.4) is 0 Å². The van der Waals surface area contributed by atoms with Gasteiger partial charge in [-0.15, -0.1) is 5.10 Å². The molecule has 0 spiro atoms. The SMILES string of the molecule is CN(C)[C@H](c1ccccc1)c1nnnn1[C@@H](C=Cc1ccc(Cl)cc1Cl)C(C)(C)C. The van der Waals surface area contributed by atoms with Gasteiger partial charge in [-0.05, 0) is 53.2 Å². The summed E-state index contributed by atoms with van der Waals surface area (Å²) >= 11 is 12.4. The highest BCUT2D eigenvalue weighted by atomic mass is 35.5. The molecule has 0 N–H and O–H groups in total. The molecule has 5 nitrogen and oxygen atoms in total. The number of halogens is 2.